The Labute approximate surface area is 185 Å². The number of nitrogens with one attached hydrogen (secondary N) is 1. The molecule has 2 aromatic rings. The fourth-order valence-corrected chi connectivity index (χ4v) is 4.67. The van der Waals surface area contributed by atoms with Gasteiger partial charge in [0.05, 0.1) is 11.4 Å². The summed E-state index contributed by atoms with van der Waals surface area (Å²) < 4.78 is 22.9. The number of hydrogen-bond donors (Lipinski definition) is 2. The minimum absolute atomic E-state index is 0.137. The van der Waals surface area contributed by atoms with Crippen molar-refractivity contribution in [1.82, 2.24) is 20.5 Å². The van der Waals surface area contributed by atoms with E-state index < -0.39 is 10.0 Å². The fourth-order valence-electron chi connectivity index (χ4n) is 4.16. The van der Waals surface area contributed by atoms with Crippen molar-refractivity contribution in [3.05, 3.63) is 77.6 Å². The van der Waals surface area contributed by atoms with E-state index in [1.54, 1.807) is 12.1 Å². The van der Waals surface area contributed by atoms with Gasteiger partial charge in [0.15, 0.2) is 0 Å². The molecule has 2 aliphatic rings. The SMILES string of the molecule is Cc1ccc(CN2CCC(CN3C=CNN3Cc3ccc(S(N)(=O)=O)cc3)CC2)cc1. The zero-order valence-electron chi connectivity index (χ0n) is 17.9. The second-order valence-electron chi connectivity index (χ2n) is 8.52. The van der Waals surface area contributed by atoms with Crippen LogP contribution in [0, 0.1) is 12.8 Å². The fraction of sp³-hybridized carbons (Fsp3) is 0.391. The van der Waals surface area contributed by atoms with E-state index >= 15 is 0 Å². The zero-order valence-corrected chi connectivity index (χ0v) is 18.8. The van der Waals surface area contributed by atoms with Crippen LogP contribution < -0.4 is 10.6 Å². The van der Waals surface area contributed by atoms with Crippen LogP contribution in [0.5, 0.6) is 0 Å². The number of likely N-dealkylation sites (tertiary alicyclic amines) is 1. The monoisotopic (exact) mass is 441 g/mol. The van der Waals surface area contributed by atoms with Gasteiger partial charge in [0.2, 0.25) is 10.0 Å². The Morgan fingerprint density at radius 3 is 2.23 bits per heavy atom. The number of benzene rings is 2. The van der Waals surface area contributed by atoms with Crippen molar-refractivity contribution in [1.29, 1.82) is 0 Å². The van der Waals surface area contributed by atoms with Gasteiger partial charge in [-0.05, 0) is 62.0 Å². The van der Waals surface area contributed by atoms with Crippen LogP contribution in [0.4, 0.5) is 0 Å². The molecule has 7 nitrogen and oxygen atoms in total. The Morgan fingerprint density at radius 1 is 0.968 bits per heavy atom. The number of nitrogens with zero attached hydrogens (tertiary/aromatic N) is 3. The van der Waals surface area contributed by atoms with Crippen molar-refractivity contribution >= 4 is 10.0 Å². The Hall–Kier alpha value is -2.39. The standard InChI is InChI=1S/C23H31N5O2S/c1-19-2-4-20(5-3-19)16-26-13-10-22(11-14-26)17-27-15-12-25-28(27)18-21-6-8-23(9-7-21)31(24,29)30/h2-9,12,15,22,25H,10-11,13-14,16-18H2,1H3,(H2,24,29,30). The third-order valence-corrected chi connectivity index (χ3v) is 6.97. The predicted octanol–water partition coefficient (Wildman–Crippen LogP) is 2.56. The van der Waals surface area contributed by atoms with Crippen LogP contribution >= 0.6 is 0 Å². The van der Waals surface area contributed by atoms with E-state index in [2.05, 4.69) is 57.8 Å². The average Bonchev–Trinajstić information content (AvgIpc) is 3.17. The van der Waals surface area contributed by atoms with Gasteiger partial charge in [0.1, 0.15) is 0 Å². The molecule has 0 spiro atoms. The molecule has 2 heterocycles. The lowest BCUT2D eigenvalue weighted by molar-refractivity contribution is -0.0206. The first-order chi connectivity index (χ1) is 14.9. The first-order valence-electron chi connectivity index (χ1n) is 10.7. The smallest absolute Gasteiger partial charge is 0.238 e. The summed E-state index contributed by atoms with van der Waals surface area (Å²) in [4.78, 5) is 2.68. The lowest BCUT2D eigenvalue weighted by Crippen LogP contribution is -2.45. The van der Waals surface area contributed by atoms with E-state index in [0.29, 0.717) is 12.5 Å². The molecular weight excluding hydrogens is 410 g/mol. The molecule has 0 unspecified atom stereocenters. The first-order valence-corrected chi connectivity index (χ1v) is 12.3. The Kier molecular flexibility index (Phi) is 6.62. The number of hydrazine groups is 2. The third kappa shape index (κ3) is 5.86. The van der Waals surface area contributed by atoms with Crippen LogP contribution in [0.25, 0.3) is 0 Å². The number of rotatable bonds is 7. The molecule has 0 aliphatic carbocycles. The van der Waals surface area contributed by atoms with Crippen LogP contribution in [0.1, 0.15) is 29.5 Å². The second-order valence-corrected chi connectivity index (χ2v) is 10.1. The molecular formula is C23H31N5O2S. The number of aryl methyl sites for hydroxylation is 1. The van der Waals surface area contributed by atoms with Gasteiger partial charge in [-0.3, -0.25) is 9.91 Å². The number of sulfonamides is 1. The van der Waals surface area contributed by atoms with Gasteiger partial charge in [-0.2, -0.15) is 0 Å². The van der Waals surface area contributed by atoms with Crippen LogP contribution in [0.2, 0.25) is 0 Å². The highest BCUT2D eigenvalue weighted by atomic mass is 32.2. The van der Waals surface area contributed by atoms with Crippen molar-refractivity contribution in [2.24, 2.45) is 11.1 Å². The minimum Gasteiger partial charge on any atom is -0.307 e. The summed E-state index contributed by atoms with van der Waals surface area (Å²) in [5.74, 6) is 0.645. The van der Waals surface area contributed by atoms with Crippen LogP contribution in [-0.4, -0.2) is 43.1 Å². The number of piperidine rings is 1. The van der Waals surface area contributed by atoms with Gasteiger partial charge in [-0.1, -0.05) is 42.0 Å². The largest absolute Gasteiger partial charge is 0.307 e. The molecule has 166 valence electrons. The third-order valence-electron chi connectivity index (χ3n) is 6.04. The number of nitrogens with two attached hydrogens (primary N) is 1. The lowest BCUT2D eigenvalue weighted by atomic mass is 9.96. The summed E-state index contributed by atoms with van der Waals surface area (Å²) in [6.07, 6.45) is 6.38. The summed E-state index contributed by atoms with van der Waals surface area (Å²) >= 11 is 0. The minimum atomic E-state index is -3.66. The molecule has 0 atom stereocenters. The average molecular weight is 442 g/mol. The molecule has 0 radical (unpaired) electrons. The Morgan fingerprint density at radius 2 is 1.58 bits per heavy atom. The van der Waals surface area contributed by atoms with E-state index in [1.807, 2.05) is 18.3 Å². The lowest BCUT2D eigenvalue weighted by Gasteiger charge is -2.36. The molecule has 0 bridgehead atoms. The maximum Gasteiger partial charge on any atom is 0.238 e. The normalized spacial score (nSPS) is 18.5. The van der Waals surface area contributed by atoms with E-state index in [4.69, 9.17) is 5.14 Å². The molecule has 0 amide bonds. The van der Waals surface area contributed by atoms with Crippen LogP contribution in [-0.2, 0) is 23.1 Å². The Balaban J connectivity index is 1.26. The van der Waals surface area contributed by atoms with Crippen molar-refractivity contribution in [2.75, 3.05) is 19.6 Å². The molecule has 2 aliphatic heterocycles. The second kappa shape index (κ2) is 9.40. The molecule has 31 heavy (non-hydrogen) atoms. The van der Waals surface area contributed by atoms with Gasteiger partial charge in [-0.25, -0.2) is 13.6 Å². The maximum atomic E-state index is 11.4. The topological polar surface area (TPSA) is 81.9 Å². The van der Waals surface area contributed by atoms with Gasteiger partial charge < -0.3 is 5.43 Å². The molecule has 8 heteroatoms. The highest BCUT2D eigenvalue weighted by molar-refractivity contribution is 7.89. The van der Waals surface area contributed by atoms with E-state index in [9.17, 15) is 8.42 Å². The van der Waals surface area contributed by atoms with E-state index in [1.165, 1.54) is 24.0 Å². The van der Waals surface area contributed by atoms with Crippen molar-refractivity contribution in [3.63, 3.8) is 0 Å². The van der Waals surface area contributed by atoms with Crippen LogP contribution in [0.15, 0.2) is 65.8 Å². The zero-order chi connectivity index (χ0) is 21.8. The number of primary sulfonamides is 1. The molecule has 4 rings (SSSR count). The summed E-state index contributed by atoms with van der Waals surface area (Å²) in [6, 6.07) is 15.6. The van der Waals surface area contributed by atoms with Gasteiger partial charge >= 0.3 is 0 Å². The predicted molar refractivity (Wildman–Crippen MR) is 122 cm³/mol. The van der Waals surface area contributed by atoms with Crippen molar-refractivity contribution in [2.45, 2.75) is 37.8 Å². The first kappa shape index (κ1) is 21.8. The summed E-state index contributed by atoms with van der Waals surface area (Å²) in [5.41, 5.74) is 6.97. The highest BCUT2D eigenvalue weighted by Gasteiger charge is 2.24. The van der Waals surface area contributed by atoms with Crippen molar-refractivity contribution in [3.8, 4) is 0 Å². The summed E-state index contributed by atoms with van der Waals surface area (Å²) in [7, 11) is -3.66. The van der Waals surface area contributed by atoms with Gasteiger partial charge in [0.25, 0.3) is 0 Å². The van der Waals surface area contributed by atoms with E-state index in [-0.39, 0.29) is 4.90 Å². The summed E-state index contributed by atoms with van der Waals surface area (Å²) in [5, 5.41) is 9.46. The van der Waals surface area contributed by atoms with Gasteiger partial charge in [-0.15, -0.1) is 5.12 Å². The molecule has 3 N–H and O–H groups in total. The molecule has 0 saturated carbocycles. The maximum absolute atomic E-state index is 11.4. The molecule has 1 saturated heterocycles. The van der Waals surface area contributed by atoms with E-state index in [0.717, 1.165) is 31.7 Å². The molecule has 1 fully saturated rings. The Bertz CT molecular complexity index is 997. The summed E-state index contributed by atoms with van der Waals surface area (Å²) in [6.45, 7) is 7.01. The van der Waals surface area contributed by atoms with Gasteiger partial charge in [0, 0.05) is 25.5 Å². The van der Waals surface area contributed by atoms with Crippen LogP contribution in [0.3, 0.4) is 0 Å². The molecule has 2 aromatic carbocycles. The van der Waals surface area contributed by atoms with Crippen molar-refractivity contribution < 1.29 is 8.42 Å². The highest BCUT2D eigenvalue weighted by Crippen LogP contribution is 2.22. The quantitative estimate of drug-likeness (QED) is 0.687. The number of hydrogen-bond acceptors (Lipinski definition) is 6. The molecule has 0 aromatic heterocycles.